The van der Waals surface area contributed by atoms with Crippen LogP contribution in [-0.4, -0.2) is 25.1 Å². The van der Waals surface area contributed by atoms with Gasteiger partial charge in [-0.2, -0.15) is 0 Å². The molecule has 150 valence electrons. The van der Waals surface area contributed by atoms with Crippen molar-refractivity contribution in [1.29, 1.82) is 0 Å². The van der Waals surface area contributed by atoms with Crippen molar-refractivity contribution >= 4 is 22.6 Å². The summed E-state index contributed by atoms with van der Waals surface area (Å²) >= 11 is 0. The molecule has 0 atom stereocenters. The third-order valence-electron chi connectivity index (χ3n) is 4.60. The van der Waals surface area contributed by atoms with Gasteiger partial charge in [0.25, 0.3) is 5.91 Å². The molecular weight excluding hydrogens is 384 g/mol. The van der Waals surface area contributed by atoms with Gasteiger partial charge in [0.15, 0.2) is 16.9 Å². The van der Waals surface area contributed by atoms with E-state index in [2.05, 4.69) is 10.3 Å². The quantitative estimate of drug-likeness (QED) is 0.540. The first-order valence-electron chi connectivity index (χ1n) is 9.11. The molecule has 0 bridgehead atoms. The number of ether oxygens (including phenoxy) is 2. The SMILES string of the molecule is COc1ccc(-c2cc(=O)c3cc(NC(=O)c4ccncc4)ccc3o2)cc1OC. The average Bonchev–Trinajstić information content (AvgIpc) is 2.79. The fourth-order valence-corrected chi connectivity index (χ4v) is 3.07. The van der Waals surface area contributed by atoms with Crippen LogP contribution < -0.4 is 20.2 Å². The van der Waals surface area contributed by atoms with Gasteiger partial charge < -0.3 is 19.2 Å². The molecule has 2 aromatic heterocycles. The summed E-state index contributed by atoms with van der Waals surface area (Å²) in [6.45, 7) is 0. The molecule has 2 aromatic carbocycles. The van der Waals surface area contributed by atoms with E-state index in [4.69, 9.17) is 13.9 Å². The highest BCUT2D eigenvalue weighted by Crippen LogP contribution is 2.33. The Kier molecular flexibility index (Phi) is 5.17. The molecule has 0 aliphatic carbocycles. The van der Waals surface area contributed by atoms with Crippen LogP contribution in [0.2, 0.25) is 0 Å². The molecule has 30 heavy (non-hydrogen) atoms. The number of benzene rings is 2. The number of fused-ring (bicyclic) bond motifs is 1. The zero-order chi connectivity index (χ0) is 21.1. The van der Waals surface area contributed by atoms with E-state index in [9.17, 15) is 9.59 Å². The highest BCUT2D eigenvalue weighted by atomic mass is 16.5. The number of carbonyl (C=O) groups is 1. The van der Waals surface area contributed by atoms with Crippen molar-refractivity contribution in [3.8, 4) is 22.8 Å². The second-order valence-corrected chi connectivity index (χ2v) is 6.45. The number of nitrogens with zero attached hydrogens (tertiary/aromatic N) is 1. The molecule has 0 unspecified atom stereocenters. The number of carbonyl (C=O) groups excluding carboxylic acids is 1. The smallest absolute Gasteiger partial charge is 0.255 e. The van der Waals surface area contributed by atoms with Gasteiger partial charge in [-0.3, -0.25) is 14.6 Å². The van der Waals surface area contributed by atoms with E-state index in [1.54, 1.807) is 75.1 Å². The van der Waals surface area contributed by atoms with E-state index in [1.165, 1.54) is 6.07 Å². The summed E-state index contributed by atoms with van der Waals surface area (Å²) in [5.41, 5.74) is 1.84. The summed E-state index contributed by atoms with van der Waals surface area (Å²) in [7, 11) is 3.10. The van der Waals surface area contributed by atoms with Crippen molar-refractivity contribution in [3.63, 3.8) is 0 Å². The Morgan fingerprint density at radius 2 is 1.70 bits per heavy atom. The molecule has 7 nitrogen and oxygen atoms in total. The summed E-state index contributed by atoms with van der Waals surface area (Å²) in [5, 5.41) is 3.14. The maximum absolute atomic E-state index is 12.7. The van der Waals surface area contributed by atoms with Crippen LogP contribution in [0.3, 0.4) is 0 Å². The van der Waals surface area contributed by atoms with E-state index in [0.717, 1.165) is 0 Å². The summed E-state index contributed by atoms with van der Waals surface area (Å²) in [6, 6.07) is 14.8. The maximum atomic E-state index is 12.7. The number of hydrogen-bond donors (Lipinski definition) is 1. The summed E-state index contributed by atoms with van der Waals surface area (Å²) in [4.78, 5) is 28.9. The number of pyridine rings is 1. The van der Waals surface area contributed by atoms with Crippen LogP contribution in [0.5, 0.6) is 11.5 Å². The molecule has 0 fully saturated rings. The third-order valence-corrected chi connectivity index (χ3v) is 4.60. The molecule has 0 radical (unpaired) electrons. The van der Waals surface area contributed by atoms with Gasteiger partial charge in [0.1, 0.15) is 11.3 Å². The standard InChI is InChI=1S/C23H18N2O5/c1-28-20-5-3-15(11-22(20)29-2)21-13-18(26)17-12-16(4-6-19(17)30-21)25-23(27)14-7-9-24-10-8-14/h3-13H,1-2H3,(H,25,27). The molecule has 0 saturated carbocycles. The average molecular weight is 402 g/mol. The molecule has 7 heteroatoms. The highest BCUT2D eigenvalue weighted by molar-refractivity contribution is 6.04. The Hall–Kier alpha value is -4.13. The largest absolute Gasteiger partial charge is 0.493 e. The number of amides is 1. The second kappa shape index (κ2) is 8.08. The third kappa shape index (κ3) is 3.73. The molecule has 0 aliphatic heterocycles. The van der Waals surface area contributed by atoms with Crippen molar-refractivity contribution < 1.29 is 18.7 Å². The van der Waals surface area contributed by atoms with Gasteiger partial charge in [0.05, 0.1) is 19.6 Å². The van der Waals surface area contributed by atoms with Crippen molar-refractivity contribution in [2.24, 2.45) is 0 Å². The molecule has 1 amide bonds. The number of nitrogens with one attached hydrogen (secondary N) is 1. The normalized spacial score (nSPS) is 10.6. The van der Waals surface area contributed by atoms with E-state index in [1.807, 2.05) is 0 Å². The Balaban J connectivity index is 1.68. The van der Waals surface area contributed by atoms with Gasteiger partial charge in [-0.1, -0.05) is 0 Å². The summed E-state index contributed by atoms with van der Waals surface area (Å²) in [5.74, 6) is 1.23. The second-order valence-electron chi connectivity index (χ2n) is 6.45. The number of methoxy groups -OCH3 is 2. The van der Waals surface area contributed by atoms with E-state index in [0.29, 0.717) is 45.0 Å². The van der Waals surface area contributed by atoms with Gasteiger partial charge in [0, 0.05) is 35.3 Å². The van der Waals surface area contributed by atoms with Crippen LogP contribution in [0.15, 0.2) is 76.2 Å². The van der Waals surface area contributed by atoms with Crippen LogP contribution in [-0.2, 0) is 0 Å². The van der Waals surface area contributed by atoms with Gasteiger partial charge in [0.2, 0.25) is 0 Å². The lowest BCUT2D eigenvalue weighted by Crippen LogP contribution is -2.12. The van der Waals surface area contributed by atoms with Crippen molar-refractivity contribution in [3.05, 3.63) is 82.8 Å². The summed E-state index contributed by atoms with van der Waals surface area (Å²) in [6.07, 6.45) is 3.08. The van der Waals surface area contributed by atoms with Gasteiger partial charge >= 0.3 is 0 Å². The molecule has 1 N–H and O–H groups in total. The van der Waals surface area contributed by atoms with Crippen molar-refractivity contribution in [2.75, 3.05) is 19.5 Å². The van der Waals surface area contributed by atoms with Crippen LogP contribution in [0.1, 0.15) is 10.4 Å². The number of aromatic nitrogens is 1. The zero-order valence-corrected chi connectivity index (χ0v) is 16.3. The Morgan fingerprint density at radius 3 is 2.43 bits per heavy atom. The fourth-order valence-electron chi connectivity index (χ4n) is 3.07. The van der Waals surface area contributed by atoms with Crippen LogP contribution >= 0.6 is 0 Å². The van der Waals surface area contributed by atoms with E-state index in [-0.39, 0.29) is 11.3 Å². The molecule has 0 spiro atoms. The first-order valence-corrected chi connectivity index (χ1v) is 9.11. The number of hydrogen-bond acceptors (Lipinski definition) is 6. The minimum atomic E-state index is -0.289. The fraction of sp³-hybridized carbons (Fsp3) is 0.0870. The predicted octanol–water partition coefficient (Wildman–Crippen LogP) is 4.12. The number of rotatable bonds is 5. The predicted molar refractivity (Wildman–Crippen MR) is 113 cm³/mol. The van der Waals surface area contributed by atoms with Gasteiger partial charge in [-0.25, -0.2) is 0 Å². The lowest BCUT2D eigenvalue weighted by Gasteiger charge is -2.10. The van der Waals surface area contributed by atoms with Crippen molar-refractivity contribution in [1.82, 2.24) is 4.98 Å². The Labute approximate surface area is 171 Å². The van der Waals surface area contributed by atoms with Gasteiger partial charge in [-0.05, 0) is 48.5 Å². The first-order chi connectivity index (χ1) is 14.6. The molecule has 2 heterocycles. The monoisotopic (exact) mass is 402 g/mol. The Morgan fingerprint density at radius 1 is 0.933 bits per heavy atom. The van der Waals surface area contributed by atoms with Gasteiger partial charge in [-0.15, -0.1) is 0 Å². The summed E-state index contributed by atoms with van der Waals surface area (Å²) < 4.78 is 16.5. The minimum Gasteiger partial charge on any atom is -0.493 e. The number of anilines is 1. The molecule has 4 aromatic rings. The Bertz CT molecular complexity index is 1280. The van der Waals surface area contributed by atoms with E-state index < -0.39 is 0 Å². The van der Waals surface area contributed by atoms with Crippen LogP contribution in [0.4, 0.5) is 5.69 Å². The maximum Gasteiger partial charge on any atom is 0.255 e. The minimum absolute atomic E-state index is 0.221. The van der Waals surface area contributed by atoms with Crippen LogP contribution in [0, 0.1) is 0 Å². The lowest BCUT2D eigenvalue weighted by atomic mass is 10.1. The topological polar surface area (TPSA) is 90.7 Å². The van der Waals surface area contributed by atoms with Crippen molar-refractivity contribution in [2.45, 2.75) is 0 Å². The van der Waals surface area contributed by atoms with E-state index >= 15 is 0 Å². The highest BCUT2D eigenvalue weighted by Gasteiger charge is 2.12. The zero-order valence-electron chi connectivity index (χ0n) is 16.3. The molecule has 4 rings (SSSR count). The molecule has 0 aliphatic rings. The molecular formula is C23H18N2O5. The van der Waals surface area contributed by atoms with Crippen LogP contribution in [0.25, 0.3) is 22.3 Å². The first kappa shape index (κ1) is 19.2. The molecule has 0 saturated heterocycles. The lowest BCUT2D eigenvalue weighted by molar-refractivity contribution is 0.102.